The minimum atomic E-state index is -0.855. The van der Waals surface area contributed by atoms with E-state index >= 15 is 0 Å². The monoisotopic (exact) mass is 412 g/mol. The largest absolute Gasteiger partial charge is 0.481 e. The fraction of sp³-hybridized carbons (Fsp3) is 0.917. The quantitative estimate of drug-likeness (QED) is 0.526. The molecule has 5 nitrogen and oxygen atoms in total. The standard InChI is InChI=1S/C13H24O2.C11H20O3/c14-13(15)12-10-8-6-4-2-1-3-5-7-9-11-12;1-11(2,3)7-4-5-9(12)8(6-7)10(13)14/h12H,1-11H2,(H,14,15);7-9,12H,4-6H2,1-3H3,(H,13,14). The van der Waals surface area contributed by atoms with Crippen LogP contribution in [0.5, 0.6) is 0 Å². The van der Waals surface area contributed by atoms with Crippen LogP contribution in [0.15, 0.2) is 0 Å². The van der Waals surface area contributed by atoms with Gasteiger partial charge in [-0.2, -0.15) is 0 Å². The number of hydrogen-bond acceptors (Lipinski definition) is 3. The molecule has 0 aliphatic heterocycles. The smallest absolute Gasteiger partial charge is 0.309 e. The molecule has 0 aromatic carbocycles. The molecule has 0 aromatic rings. The number of hydrogen-bond donors (Lipinski definition) is 3. The van der Waals surface area contributed by atoms with Gasteiger partial charge in [0.2, 0.25) is 0 Å². The van der Waals surface area contributed by atoms with Crippen LogP contribution in [-0.2, 0) is 9.59 Å². The second kappa shape index (κ2) is 13.3. The molecule has 3 unspecified atom stereocenters. The summed E-state index contributed by atoms with van der Waals surface area (Å²) in [5, 5.41) is 27.5. The molecule has 3 atom stereocenters. The Balaban J connectivity index is 0.000000291. The second-order valence-electron chi connectivity index (χ2n) is 10.2. The first kappa shape index (κ1) is 25.9. The van der Waals surface area contributed by atoms with Crippen molar-refractivity contribution >= 4 is 11.9 Å². The van der Waals surface area contributed by atoms with Gasteiger partial charge in [-0.1, -0.05) is 78.6 Å². The molecule has 2 fully saturated rings. The van der Waals surface area contributed by atoms with Gasteiger partial charge in [0.1, 0.15) is 0 Å². The Hall–Kier alpha value is -1.10. The van der Waals surface area contributed by atoms with Crippen molar-refractivity contribution in [3.63, 3.8) is 0 Å². The van der Waals surface area contributed by atoms with Crippen LogP contribution in [0.3, 0.4) is 0 Å². The summed E-state index contributed by atoms with van der Waals surface area (Å²) < 4.78 is 0. The number of carbonyl (C=O) groups is 2. The van der Waals surface area contributed by atoms with Crippen molar-refractivity contribution in [3.8, 4) is 0 Å². The van der Waals surface area contributed by atoms with Gasteiger partial charge >= 0.3 is 11.9 Å². The van der Waals surface area contributed by atoms with E-state index in [-0.39, 0.29) is 11.3 Å². The molecule has 0 amide bonds. The molecule has 0 spiro atoms. The normalized spacial score (nSPS) is 28.2. The highest BCUT2D eigenvalue weighted by molar-refractivity contribution is 5.71. The Morgan fingerprint density at radius 1 is 0.690 bits per heavy atom. The zero-order valence-corrected chi connectivity index (χ0v) is 18.9. The van der Waals surface area contributed by atoms with E-state index < -0.39 is 24.0 Å². The first-order valence-corrected chi connectivity index (χ1v) is 11.8. The number of aliphatic hydroxyl groups excluding tert-OH is 1. The van der Waals surface area contributed by atoms with E-state index in [1.54, 1.807) is 0 Å². The number of carboxylic acid groups (broad SMARTS) is 2. The van der Waals surface area contributed by atoms with Gasteiger partial charge in [-0.3, -0.25) is 9.59 Å². The van der Waals surface area contributed by atoms with E-state index in [4.69, 9.17) is 10.2 Å². The van der Waals surface area contributed by atoms with E-state index in [1.807, 2.05) is 0 Å². The predicted molar refractivity (Wildman–Crippen MR) is 116 cm³/mol. The fourth-order valence-electron chi connectivity index (χ4n) is 4.62. The van der Waals surface area contributed by atoms with E-state index in [0.717, 1.165) is 32.1 Å². The highest BCUT2D eigenvalue weighted by atomic mass is 16.4. The van der Waals surface area contributed by atoms with Crippen molar-refractivity contribution in [3.05, 3.63) is 0 Å². The lowest BCUT2D eigenvalue weighted by Gasteiger charge is -2.38. The molecule has 2 aliphatic rings. The molecule has 3 N–H and O–H groups in total. The zero-order valence-electron chi connectivity index (χ0n) is 18.9. The second-order valence-corrected chi connectivity index (χ2v) is 10.2. The first-order valence-electron chi connectivity index (χ1n) is 11.8. The lowest BCUT2D eigenvalue weighted by Crippen LogP contribution is -2.38. The Labute approximate surface area is 177 Å². The van der Waals surface area contributed by atoms with Gasteiger partial charge in [0, 0.05) is 0 Å². The van der Waals surface area contributed by atoms with Gasteiger partial charge in [-0.15, -0.1) is 0 Å². The molecule has 0 radical (unpaired) electrons. The maximum absolute atomic E-state index is 11.0. The molecule has 2 aliphatic carbocycles. The molecule has 0 aromatic heterocycles. The first-order chi connectivity index (χ1) is 13.6. The maximum atomic E-state index is 11.0. The topological polar surface area (TPSA) is 94.8 Å². The third kappa shape index (κ3) is 10.5. The predicted octanol–water partition coefficient (Wildman–Crippen LogP) is 5.89. The van der Waals surface area contributed by atoms with Crippen molar-refractivity contribution in [1.82, 2.24) is 0 Å². The van der Waals surface area contributed by atoms with Crippen LogP contribution in [0.1, 0.15) is 111 Å². The van der Waals surface area contributed by atoms with Gasteiger partial charge in [-0.05, 0) is 43.4 Å². The summed E-state index contributed by atoms with van der Waals surface area (Å²) >= 11 is 0. The Morgan fingerprint density at radius 2 is 1.14 bits per heavy atom. The summed E-state index contributed by atoms with van der Waals surface area (Å²) in [5.74, 6) is -1.65. The van der Waals surface area contributed by atoms with Crippen LogP contribution in [0.4, 0.5) is 0 Å². The lowest BCUT2D eigenvalue weighted by molar-refractivity contribution is -0.149. The minimum Gasteiger partial charge on any atom is -0.481 e. The number of aliphatic hydroxyl groups is 1. The molecule has 170 valence electrons. The van der Waals surface area contributed by atoms with Gasteiger partial charge in [-0.25, -0.2) is 0 Å². The van der Waals surface area contributed by atoms with Crippen molar-refractivity contribution in [2.75, 3.05) is 0 Å². The highest BCUT2D eigenvalue weighted by Gasteiger charge is 2.38. The third-order valence-corrected chi connectivity index (χ3v) is 6.81. The summed E-state index contributed by atoms with van der Waals surface area (Å²) in [6, 6.07) is 0. The third-order valence-electron chi connectivity index (χ3n) is 6.81. The van der Waals surface area contributed by atoms with Crippen molar-refractivity contribution < 1.29 is 24.9 Å². The fourth-order valence-corrected chi connectivity index (χ4v) is 4.62. The van der Waals surface area contributed by atoms with Crippen molar-refractivity contribution in [2.45, 2.75) is 117 Å². The summed E-state index contributed by atoms with van der Waals surface area (Å²) in [4.78, 5) is 21.8. The van der Waals surface area contributed by atoms with Gasteiger partial charge < -0.3 is 15.3 Å². The summed E-state index contributed by atoms with van der Waals surface area (Å²) in [5.41, 5.74) is 0.147. The number of carboxylic acids is 2. The van der Waals surface area contributed by atoms with Gasteiger partial charge in [0.15, 0.2) is 0 Å². The SMILES string of the molecule is CC(C)(C)C1CCC(O)C(C(=O)O)C1.O=C(O)C1CCCCCCCCCCC1. The molecule has 0 saturated heterocycles. The Morgan fingerprint density at radius 3 is 1.52 bits per heavy atom. The molecular weight excluding hydrogens is 368 g/mol. The molecule has 2 rings (SSSR count). The number of rotatable bonds is 2. The van der Waals surface area contributed by atoms with Crippen molar-refractivity contribution in [1.29, 1.82) is 0 Å². The molecule has 0 heterocycles. The van der Waals surface area contributed by atoms with Gasteiger partial charge in [0.05, 0.1) is 17.9 Å². The molecule has 5 heteroatoms. The molecule has 29 heavy (non-hydrogen) atoms. The van der Waals surface area contributed by atoms with Crippen LogP contribution < -0.4 is 0 Å². The average Bonchev–Trinajstić information content (AvgIpc) is 2.61. The highest BCUT2D eigenvalue weighted by Crippen LogP contribution is 2.40. The minimum absolute atomic E-state index is 0.0653. The van der Waals surface area contributed by atoms with E-state index in [0.29, 0.717) is 18.8 Å². The summed E-state index contributed by atoms with van der Waals surface area (Å²) in [6.45, 7) is 6.40. The van der Waals surface area contributed by atoms with E-state index in [9.17, 15) is 14.7 Å². The van der Waals surface area contributed by atoms with Crippen LogP contribution in [0, 0.1) is 23.2 Å². The summed E-state index contributed by atoms with van der Waals surface area (Å²) in [6.07, 6.45) is 14.7. The van der Waals surface area contributed by atoms with Crippen LogP contribution in [-0.4, -0.2) is 33.4 Å². The molecule has 0 bridgehead atoms. The lowest BCUT2D eigenvalue weighted by atomic mass is 9.68. The van der Waals surface area contributed by atoms with Gasteiger partial charge in [0.25, 0.3) is 0 Å². The van der Waals surface area contributed by atoms with Crippen molar-refractivity contribution in [2.24, 2.45) is 23.2 Å². The van der Waals surface area contributed by atoms with Crippen LogP contribution in [0.25, 0.3) is 0 Å². The molecular formula is C24H44O5. The Bertz CT molecular complexity index is 470. The van der Waals surface area contributed by atoms with E-state index in [2.05, 4.69) is 20.8 Å². The van der Waals surface area contributed by atoms with E-state index in [1.165, 1.54) is 44.9 Å². The summed E-state index contributed by atoms with van der Waals surface area (Å²) in [7, 11) is 0. The maximum Gasteiger partial charge on any atom is 0.309 e. The molecule has 2 saturated carbocycles. The van der Waals surface area contributed by atoms with Crippen LogP contribution >= 0.6 is 0 Å². The number of aliphatic carboxylic acids is 2. The zero-order chi connectivity index (χ0) is 21.9. The average molecular weight is 413 g/mol. The van der Waals surface area contributed by atoms with Crippen LogP contribution in [0.2, 0.25) is 0 Å². The Kier molecular flexibility index (Phi) is 11.9.